The summed E-state index contributed by atoms with van der Waals surface area (Å²) in [6, 6.07) is 18.6. The SMILES string of the molecule is CCNC(=NCc1ccc(N2CCNC(=O)C2)cc1)NCc1ccccc1Cn1cccn1. The van der Waals surface area contributed by atoms with Crippen molar-refractivity contribution in [2.75, 3.05) is 31.1 Å². The maximum Gasteiger partial charge on any atom is 0.239 e. The third kappa shape index (κ3) is 6.35. The lowest BCUT2D eigenvalue weighted by Gasteiger charge is -2.28. The van der Waals surface area contributed by atoms with Crippen LogP contribution in [0, 0.1) is 0 Å². The van der Waals surface area contributed by atoms with E-state index in [-0.39, 0.29) is 5.91 Å². The summed E-state index contributed by atoms with van der Waals surface area (Å²) in [6.45, 7) is 6.78. The van der Waals surface area contributed by atoms with E-state index < -0.39 is 0 Å². The molecule has 1 aliphatic rings. The zero-order valence-corrected chi connectivity index (χ0v) is 19.0. The third-order valence-electron chi connectivity index (χ3n) is 5.56. The predicted molar refractivity (Wildman–Crippen MR) is 131 cm³/mol. The molecule has 2 heterocycles. The molecule has 3 aromatic rings. The number of carbonyl (C=O) groups excluding carboxylic acids is 1. The Morgan fingerprint density at radius 3 is 2.64 bits per heavy atom. The Morgan fingerprint density at radius 2 is 1.91 bits per heavy atom. The number of hydrogen-bond acceptors (Lipinski definition) is 4. The summed E-state index contributed by atoms with van der Waals surface area (Å²) in [6.07, 6.45) is 3.77. The van der Waals surface area contributed by atoms with Crippen LogP contribution in [0.3, 0.4) is 0 Å². The van der Waals surface area contributed by atoms with Gasteiger partial charge in [0.1, 0.15) is 0 Å². The van der Waals surface area contributed by atoms with Crippen molar-refractivity contribution in [2.45, 2.75) is 26.6 Å². The zero-order valence-electron chi connectivity index (χ0n) is 19.0. The lowest BCUT2D eigenvalue weighted by Crippen LogP contribution is -2.47. The van der Waals surface area contributed by atoms with Crippen molar-refractivity contribution < 1.29 is 4.79 Å². The molecule has 1 amide bonds. The van der Waals surface area contributed by atoms with E-state index in [2.05, 4.69) is 81.4 Å². The van der Waals surface area contributed by atoms with Crippen LogP contribution in [0.2, 0.25) is 0 Å². The van der Waals surface area contributed by atoms with Crippen LogP contribution < -0.4 is 20.9 Å². The number of amides is 1. The number of guanidine groups is 1. The van der Waals surface area contributed by atoms with E-state index in [0.29, 0.717) is 26.2 Å². The minimum Gasteiger partial charge on any atom is -0.360 e. The van der Waals surface area contributed by atoms with E-state index in [1.165, 1.54) is 11.1 Å². The molecule has 0 radical (unpaired) electrons. The summed E-state index contributed by atoms with van der Waals surface area (Å²) >= 11 is 0. The van der Waals surface area contributed by atoms with Gasteiger partial charge in [0.05, 0.1) is 19.6 Å². The Balaban J connectivity index is 1.37. The maximum absolute atomic E-state index is 11.6. The molecule has 2 aromatic carbocycles. The molecule has 0 aliphatic carbocycles. The first-order valence-corrected chi connectivity index (χ1v) is 11.4. The number of carbonyl (C=O) groups is 1. The molecule has 0 spiro atoms. The minimum atomic E-state index is 0.0717. The highest BCUT2D eigenvalue weighted by Crippen LogP contribution is 2.16. The molecule has 0 unspecified atom stereocenters. The van der Waals surface area contributed by atoms with Gasteiger partial charge < -0.3 is 20.9 Å². The number of nitrogens with one attached hydrogen (secondary N) is 3. The smallest absolute Gasteiger partial charge is 0.239 e. The van der Waals surface area contributed by atoms with Gasteiger partial charge in [0.25, 0.3) is 0 Å². The van der Waals surface area contributed by atoms with Gasteiger partial charge in [0.15, 0.2) is 5.96 Å². The highest BCUT2D eigenvalue weighted by atomic mass is 16.2. The van der Waals surface area contributed by atoms with Gasteiger partial charge in [-0.05, 0) is 41.8 Å². The molecule has 33 heavy (non-hydrogen) atoms. The number of rotatable bonds is 8. The second kappa shape index (κ2) is 11.2. The van der Waals surface area contributed by atoms with E-state index in [4.69, 9.17) is 4.99 Å². The van der Waals surface area contributed by atoms with E-state index in [1.807, 2.05) is 16.9 Å². The van der Waals surface area contributed by atoms with Crippen molar-refractivity contribution in [1.29, 1.82) is 0 Å². The van der Waals surface area contributed by atoms with Gasteiger partial charge in [-0.2, -0.15) is 5.10 Å². The normalized spacial score (nSPS) is 14.2. The number of aromatic nitrogens is 2. The number of nitrogens with zero attached hydrogens (tertiary/aromatic N) is 4. The van der Waals surface area contributed by atoms with Crippen LogP contribution in [-0.2, 0) is 24.4 Å². The van der Waals surface area contributed by atoms with Gasteiger partial charge in [-0.15, -0.1) is 0 Å². The Morgan fingerprint density at radius 1 is 1.09 bits per heavy atom. The molecule has 1 fully saturated rings. The van der Waals surface area contributed by atoms with E-state index in [0.717, 1.165) is 36.8 Å². The van der Waals surface area contributed by atoms with Crippen LogP contribution >= 0.6 is 0 Å². The molecule has 1 saturated heterocycles. The van der Waals surface area contributed by atoms with Gasteiger partial charge in [0, 0.05) is 44.3 Å². The van der Waals surface area contributed by atoms with Gasteiger partial charge in [-0.3, -0.25) is 9.48 Å². The average Bonchev–Trinajstić information content (AvgIpc) is 3.35. The molecule has 8 heteroatoms. The van der Waals surface area contributed by atoms with Crippen molar-refractivity contribution >= 4 is 17.6 Å². The lowest BCUT2D eigenvalue weighted by atomic mass is 10.1. The highest BCUT2D eigenvalue weighted by molar-refractivity contribution is 5.82. The molecule has 4 rings (SSSR count). The van der Waals surface area contributed by atoms with E-state index in [1.54, 1.807) is 6.20 Å². The van der Waals surface area contributed by atoms with Gasteiger partial charge >= 0.3 is 0 Å². The van der Waals surface area contributed by atoms with Gasteiger partial charge in [0.2, 0.25) is 5.91 Å². The summed E-state index contributed by atoms with van der Waals surface area (Å²) in [7, 11) is 0. The molecule has 0 saturated carbocycles. The summed E-state index contributed by atoms with van der Waals surface area (Å²) in [4.78, 5) is 18.5. The fraction of sp³-hybridized carbons (Fsp3) is 0.320. The Bertz CT molecular complexity index is 1060. The number of piperazine rings is 1. The number of anilines is 1. The Labute approximate surface area is 194 Å². The molecule has 3 N–H and O–H groups in total. The fourth-order valence-electron chi connectivity index (χ4n) is 3.81. The third-order valence-corrected chi connectivity index (χ3v) is 5.56. The summed E-state index contributed by atoms with van der Waals surface area (Å²) in [5, 5.41) is 14.0. The second-order valence-corrected chi connectivity index (χ2v) is 7.96. The second-order valence-electron chi connectivity index (χ2n) is 7.96. The fourth-order valence-corrected chi connectivity index (χ4v) is 3.81. The van der Waals surface area contributed by atoms with Crippen LogP contribution in [0.15, 0.2) is 72.0 Å². The van der Waals surface area contributed by atoms with Crippen LogP contribution in [0.5, 0.6) is 0 Å². The number of aliphatic imine (C=N–C) groups is 1. The summed E-state index contributed by atoms with van der Waals surface area (Å²) in [5.41, 5.74) is 4.63. The molecule has 1 aliphatic heterocycles. The van der Waals surface area contributed by atoms with Gasteiger partial charge in [-0.25, -0.2) is 4.99 Å². The van der Waals surface area contributed by atoms with Crippen LogP contribution in [0.25, 0.3) is 0 Å². The summed E-state index contributed by atoms with van der Waals surface area (Å²) < 4.78 is 1.93. The van der Waals surface area contributed by atoms with Crippen molar-refractivity contribution in [3.63, 3.8) is 0 Å². The quantitative estimate of drug-likeness (QED) is 0.365. The molecule has 0 atom stereocenters. The van der Waals surface area contributed by atoms with Crippen molar-refractivity contribution in [3.8, 4) is 0 Å². The first-order chi connectivity index (χ1) is 16.2. The van der Waals surface area contributed by atoms with Crippen LogP contribution in [0.4, 0.5) is 5.69 Å². The van der Waals surface area contributed by atoms with Crippen LogP contribution in [0.1, 0.15) is 23.6 Å². The Kier molecular flexibility index (Phi) is 7.58. The monoisotopic (exact) mass is 445 g/mol. The molecule has 8 nitrogen and oxygen atoms in total. The number of hydrogen-bond donors (Lipinski definition) is 3. The lowest BCUT2D eigenvalue weighted by molar-refractivity contribution is -0.120. The topological polar surface area (TPSA) is 86.6 Å². The minimum absolute atomic E-state index is 0.0717. The van der Waals surface area contributed by atoms with Gasteiger partial charge in [-0.1, -0.05) is 36.4 Å². The number of benzene rings is 2. The summed E-state index contributed by atoms with van der Waals surface area (Å²) in [5.74, 6) is 0.852. The van der Waals surface area contributed by atoms with E-state index in [9.17, 15) is 4.79 Å². The first kappa shape index (κ1) is 22.4. The maximum atomic E-state index is 11.6. The van der Waals surface area contributed by atoms with E-state index >= 15 is 0 Å². The standard InChI is InChI=1S/C25H31N7O/c1-2-26-25(29-17-21-6-3-4-7-22(21)18-32-14-5-12-30-32)28-16-20-8-10-23(11-9-20)31-15-13-27-24(33)19-31/h3-12,14H,2,13,15-19H2,1H3,(H,27,33)(H2,26,28,29). The Hall–Kier alpha value is -3.81. The van der Waals surface area contributed by atoms with Crippen molar-refractivity contribution in [1.82, 2.24) is 25.7 Å². The van der Waals surface area contributed by atoms with Crippen molar-refractivity contribution in [3.05, 3.63) is 83.7 Å². The molecule has 1 aromatic heterocycles. The first-order valence-electron chi connectivity index (χ1n) is 11.4. The average molecular weight is 446 g/mol. The van der Waals surface area contributed by atoms with Crippen molar-refractivity contribution in [2.24, 2.45) is 4.99 Å². The predicted octanol–water partition coefficient (Wildman–Crippen LogP) is 2.12. The highest BCUT2D eigenvalue weighted by Gasteiger charge is 2.16. The largest absolute Gasteiger partial charge is 0.360 e. The molecular formula is C25H31N7O. The molecule has 0 bridgehead atoms. The van der Waals surface area contributed by atoms with Crippen LogP contribution in [-0.4, -0.2) is 47.8 Å². The molecular weight excluding hydrogens is 414 g/mol. The zero-order chi connectivity index (χ0) is 22.9. The molecule has 172 valence electrons.